The first-order chi connectivity index (χ1) is 18.2. The Balaban J connectivity index is 1.77. The van der Waals surface area contributed by atoms with Gasteiger partial charge in [-0.3, -0.25) is 9.59 Å². The van der Waals surface area contributed by atoms with Crippen molar-refractivity contribution in [3.8, 4) is 22.8 Å². The summed E-state index contributed by atoms with van der Waals surface area (Å²) in [6.45, 7) is 7.13. The van der Waals surface area contributed by atoms with Crippen molar-refractivity contribution in [2.24, 2.45) is 11.5 Å². The van der Waals surface area contributed by atoms with Gasteiger partial charge in [0.1, 0.15) is 5.76 Å². The van der Waals surface area contributed by atoms with E-state index in [0.29, 0.717) is 36.2 Å². The molecule has 0 aliphatic carbocycles. The van der Waals surface area contributed by atoms with Gasteiger partial charge in [-0.05, 0) is 56.0 Å². The van der Waals surface area contributed by atoms with Crippen LogP contribution >= 0.6 is 0 Å². The Bertz CT molecular complexity index is 1400. The lowest BCUT2D eigenvalue weighted by atomic mass is 9.94. The van der Waals surface area contributed by atoms with Crippen LogP contribution in [-0.2, 0) is 12.0 Å². The van der Waals surface area contributed by atoms with Crippen LogP contribution in [0.4, 0.5) is 0 Å². The second kappa shape index (κ2) is 11.4. The molecule has 4 N–H and O–H groups in total. The predicted octanol–water partition coefficient (Wildman–Crippen LogP) is 4.77. The molecule has 4 aromatic rings. The summed E-state index contributed by atoms with van der Waals surface area (Å²) in [6, 6.07) is 16.4. The van der Waals surface area contributed by atoms with E-state index in [1.54, 1.807) is 23.1 Å². The SMILES string of the molecule is CCCN(CCC)C(=O)c1cc(-c2nnc([C@@](C)(N)Cc3ccccc3)o2)cc(-c2occc2C(N)=O)c1. The van der Waals surface area contributed by atoms with Gasteiger partial charge in [0, 0.05) is 29.8 Å². The molecule has 38 heavy (non-hydrogen) atoms. The smallest absolute Gasteiger partial charge is 0.253 e. The monoisotopic (exact) mass is 515 g/mol. The fourth-order valence-electron chi connectivity index (χ4n) is 4.44. The number of nitrogens with zero attached hydrogens (tertiary/aromatic N) is 3. The second-order valence-corrected chi connectivity index (χ2v) is 9.61. The molecule has 2 aromatic heterocycles. The summed E-state index contributed by atoms with van der Waals surface area (Å²) in [5, 5.41) is 8.48. The molecule has 198 valence electrons. The number of hydrogen-bond donors (Lipinski definition) is 2. The molecule has 0 bridgehead atoms. The standard InChI is InChI=1S/C29H33N5O4/c1-4-12-34(13-5-2)27(36)22-16-20(24-23(25(30)35)11-14-37-24)15-21(17-22)26-32-33-28(38-26)29(3,31)18-19-9-7-6-8-10-19/h6-11,14-17H,4-5,12-13,18,31H2,1-3H3,(H2,30,35)/t29-/m0/s1. The van der Waals surface area contributed by atoms with Gasteiger partial charge >= 0.3 is 0 Å². The van der Waals surface area contributed by atoms with Crippen LogP contribution < -0.4 is 11.5 Å². The van der Waals surface area contributed by atoms with E-state index in [0.717, 1.165) is 18.4 Å². The minimum Gasteiger partial charge on any atom is -0.464 e. The highest BCUT2D eigenvalue weighted by Gasteiger charge is 2.29. The number of benzene rings is 2. The number of aromatic nitrogens is 2. The molecule has 2 aromatic carbocycles. The molecule has 4 rings (SSSR count). The lowest BCUT2D eigenvalue weighted by Crippen LogP contribution is -2.35. The fourth-order valence-corrected chi connectivity index (χ4v) is 4.44. The molecule has 2 amide bonds. The van der Waals surface area contributed by atoms with Gasteiger partial charge in [0.2, 0.25) is 11.8 Å². The Kier molecular flexibility index (Phi) is 8.07. The summed E-state index contributed by atoms with van der Waals surface area (Å²) in [6.07, 6.45) is 3.53. The molecule has 2 heterocycles. The maximum absolute atomic E-state index is 13.5. The molecule has 1 atom stereocenters. The number of carbonyl (C=O) groups excluding carboxylic acids is 2. The lowest BCUT2D eigenvalue weighted by molar-refractivity contribution is 0.0755. The summed E-state index contributed by atoms with van der Waals surface area (Å²) in [4.78, 5) is 27.3. The second-order valence-electron chi connectivity index (χ2n) is 9.61. The van der Waals surface area contributed by atoms with E-state index in [1.807, 2.05) is 51.1 Å². The first-order valence-electron chi connectivity index (χ1n) is 12.7. The van der Waals surface area contributed by atoms with Crippen molar-refractivity contribution < 1.29 is 18.4 Å². The Morgan fingerprint density at radius 2 is 1.66 bits per heavy atom. The topological polar surface area (TPSA) is 141 Å². The largest absolute Gasteiger partial charge is 0.464 e. The Hall–Kier alpha value is -4.24. The van der Waals surface area contributed by atoms with Crippen LogP contribution in [0.25, 0.3) is 22.8 Å². The normalized spacial score (nSPS) is 12.7. The van der Waals surface area contributed by atoms with Crippen molar-refractivity contribution in [3.05, 3.63) is 83.4 Å². The van der Waals surface area contributed by atoms with E-state index in [1.165, 1.54) is 12.3 Å². The summed E-state index contributed by atoms with van der Waals surface area (Å²) < 4.78 is 11.7. The molecule has 0 saturated carbocycles. The van der Waals surface area contributed by atoms with Crippen molar-refractivity contribution >= 4 is 11.8 Å². The van der Waals surface area contributed by atoms with Crippen molar-refractivity contribution in [3.63, 3.8) is 0 Å². The van der Waals surface area contributed by atoms with Crippen LogP contribution in [0.5, 0.6) is 0 Å². The zero-order valence-electron chi connectivity index (χ0n) is 21.9. The molecule has 0 unspecified atom stereocenters. The van der Waals surface area contributed by atoms with E-state index in [-0.39, 0.29) is 29.0 Å². The molecular weight excluding hydrogens is 482 g/mol. The third-order valence-corrected chi connectivity index (χ3v) is 6.22. The third-order valence-electron chi connectivity index (χ3n) is 6.22. The molecule has 0 radical (unpaired) electrons. The van der Waals surface area contributed by atoms with Crippen LogP contribution in [0.2, 0.25) is 0 Å². The minimum atomic E-state index is -0.915. The number of rotatable bonds is 11. The molecule has 0 aliphatic rings. The van der Waals surface area contributed by atoms with Crippen molar-refractivity contribution in [1.29, 1.82) is 0 Å². The van der Waals surface area contributed by atoms with E-state index < -0.39 is 11.4 Å². The van der Waals surface area contributed by atoms with E-state index in [2.05, 4.69) is 10.2 Å². The highest BCUT2D eigenvalue weighted by Crippen LogP contribution is 2.32. The highest BCUT2D eigenvalue weighted by molar-refractivity contribution is 6.00. The molecule has 0 saturated heterocycles. The maximum atomic E-state index is 13.5. The number of hydrogen-bond acceptors (Lipinski definition) is 7. The average molecular weight is 516 g/mol. The van der Waals surface area contributed by atoms with Crippen molar-refractivity contribution in [1.82, 2.24) is 15.1 Å². The van der Waals surface area contributed by atoms with Gasteiger partial charge in [-0.15, -0.1) is 10.2 Å². The Morgan fingerprint density at radius 3 is 2.32 bits per heavy atom. The summed E-state index contributed by atoms with van der Waals surface area (Å²) in [5.41, 5.74) is 13.9. The zero-order chi connectivity index (χ0) is 27.3. The first kappa shape index (κ1) is 26.8. The Morgan fingerprint density at radius 1 is 0.974 bits per heavy atom. The number of furan rings is 1. The first-order valence-corrected chi connectivity index (χ1v) is 12.7. The van der Waals surface area contributed by atoms with Gasteiger partial charge in [-0.25, -0.2) is 0 Å². The lowest BCUT2D eigenvalue weighted by Gasteiger charge is -2.22. The molecule has 9 heteroatoms. The van der Waals surface area contributed by atoms with Crippen molar-refractivity contribution in [2.75, 3.05) is 13.1 Å². The summed E-state index contributed by atoms with van der Waals surface area (Å²) >= 11 is 0. The third kappa shape index (κ3) is 5.84. The van der Waals surface area contributed by atoms with Crippen LogP contribution in [0.3, 0.4) is 0 Å². The quantitative estimate of drug-likeness (QED) is 0.293. The number of amides is 2. The summed E-state index contributed by atoms with van der Waals surface area (Å²) in [5.74, 6) is -0.0465. The van der Waals surface area contributed by atoms with Gasteiger partial charge in [0.15, 0.2) is 0 Å². The average Bonchev–Trinajstić information content (AvgIpc) is 3.59. The van der Waals surface area contributed by atoms with Crippen LogP contribution in [-0.4, -0.2) is 40.0 Å². The van der Waals surface area contributed by atoms with Gasteiger partial charge in [-0.1, -0.05) is 44.2 Å². The van der Waals surface area contributed by atoms with Gasteiger partial charge in [0.05, 0.1) is 17.4 Å². The van der Waals surface area contributed by atoms with Gasteiger partial charge < -0.3 is 25.2 Å². The van der Waals surface area contributed by atoms with Crippen LogP contribution in [0, 0.1) is 0 Å². The van der Waals surface area contributed by atoms with Crippen LogP contribution in [0.1, 0.15) is 65.8 Å². The molecule has 0 spiro atoms. The van der Waals surface area contributed by atoms with E-state index in [9.17, 15) is 9.59 Å². The van der Waals surface area contributed by atoms with E-state index >= 15 is 0 Å². The number of nitrogens with two attached hydrogens (primary N) is 2. The van der Waals surface area contributed by atoms with Crippen molar-refractivity contribution in [2.45, 2.75) is 45.6 Å². The molecule has 9 nitrogen and oxygen atoms in total. The predicted molar refractivity (Wildman–Crippen MR) is 144 cm³/mol. The van der Waals surface area contributed by atoms with Crippen LogP contribution in [0.15, 0.2) is 69.7 Å². The minimum absolute atomic E-state index is 0.142. The van der Waals surface area contributed by atoms with Gasteiger partial charge in [0.25, 0.3) is 11.8 Å². The number of primary amides is 1. The highest BCUT2D eigenvalue weighted by atomic mass is 16.4. The Labute approximate surface area is 221 Å². The molecular formula is C29H33N5O4. The number of carbonyl (C=O) groups is 2. The zero-order valence-corrected chi connectivity index (χ0v) is 21.9. The summed E-state index contributed by atoms with van der Waals surface area (Å²) in [7, 11) is 0. The van der Waals surface area contributed by atoms with Gasteiger partial charge in [-0.2, -0.15) is 0 Å². The molecule has 0 fully saturated rings. The van der Waals surface area contributed by atoms with E-state index in [4.69, 9.17) is 20.3 Å². The molecule has 0 aliphatic heterocycles. The maximum Gasteiger partial charge on any atom is 0.253 e. The fraction of sp³-hybridized carbons (Fsp3) is 0.310.